The Morgan fingerprint density at radius 3 is 2.87 bits per heavy atom. The Morgan fingerprint density at radius 1 is 1.20 bits per heavy atom. The van der Waals surface area contributed by atoms with Gasteiger partial charge in [-0.05, 0) is 29.3 Å². The van der Waals surface area contributed by atoms with Crippen LogP contribution in [-0.4, -0.2) is 12.7 Å². The maximum absolute atomic E-state index is 11.3. The van der Waals surface area contributed by atoms with E-state index in [0.717, 1.165) is 22.6 Å². The molecule has 1 aromatic rings. The number of ether oxygens (including phenoxy) is 2. The van der Waals surface area contributed by atoms with Gasteiger partial charge < -0.3 is 14.8 Å². The van der Waals surface area contributed by atoms with Crippen molar-refractivity contribution in [2.45, 2.75) is 6.42 Å². The van der Waals surface area contributed by atoms with Crippen LogP contribution in [0.25, 0.3) is 6.08 Å². The molecule has 0 unspecified atom stereocenters. The summed E-state index contributed by atoms with van der Waals surface area (Å²) in [6.07, 6.45) is 3.89. The predicted molar refractivity (Wildman–Crippen MR) is 53.4 cm³/mol. The maximum atomic E-state index is 11.3. The van der Waals surface area contributed by atoms with Crippen molar-refractivity contribution in [2.24, 2.45) is 0 Å². The van der Waals surface area contributed by atoms with Crippen molar-refractivity contribution in [3.05, 3.63) is 29.5 Å². The van der Waals surface area contributed by atoms with Crippen LogP contribution in [0.1, 0.15) is 11.1 Å². The Bertz CT molecular complexity index is 465. The molecule has 0 atom stereocenters. The number of benzene rings is 1. The highest BCUT2D eigenvalue weighted by Crippen LogP contribution is 2.35. The van der Waals surface area contributed by atoms with Gasteiger partial charge in [0.15, 0.2) is 11.5 Å². The lowest BCUT2D eigenvalue weighted by Gasteiger charge is -2.04. The number of hydrogen-bond donors (Lipinski definition) is 1. The fourth-order valence-corrected chi connectivity index (χ4v) is 1.76. The Kier molecular flexibility index (Phi) is 1.68. The summed E-state index contributed by atoms with van der Waals surface area (Å²) in [6.45, 7) is 0.258. The number of carbonyl (C=O) groups is 1. The number of hydrogen-bond acceptors (Lipinski definition) is 3. The van der Waals surface area contributed by atoms with Gasteiger partial charge in [-0.2, -0.15) is 0 Å². The molecule has 0 radical (unpaired) electrons. The number of carbonyl (C=O) groups excluding carboxylic acids is 1. The van der Waals surface area contributed by atoms with Gasteiger partial charge in [-0.15, -0.1) is 0 Å². The molecule has 4 heteroatoms. The van der Waals surface area contributed by atoms with Crippen LogP contribution < -0.4 is 14.8 Å². The van der Waals surface area contributed by atoms with Crippen LogP contribution in [0.2, 0.25) is 0 Å². The third kappa shape index (κ3) is 1.34. The molecule has 4 nitrogen and oxygen atoms in total. The zero-order valence-electron chi connectivity index (χ0n) is 7.95. The Hall–Kier alpha value is -1.97. The van der Waals surface area contributed by atoms with E-state index in [1.165, 1.54) is 0 Å². The van der Waals surface area contributed by atoms with Crippen LogP contribution in [0.4, 0.5) is 0 Å². The first-order valence-electron chi connectivity index (χ1n) is 4.71. The first-order valence-corrected chi connectivity index (χ1v) is 4.71. The van der Waals surface area contributed by atoms with E-state index in [4.69, 9.17) is 9.47 Å². The van der Waals surface area contributed by atoms with E-state index in [1.54, 1.807) is 6.20 Å². The van der Waals surface area contributed by atoms with Gasteiger partial charge in [0.2, 0.25) is 12.7 Å². The minimum Gasteiger partial charge on any atom is -0.454 e. The molecule has 1 amide bonds. The highest BCUT2D eigenvalue weighted by atomic mass is 16.7. The van der Waals surface area contributed by atoms with Crippen molar-refractivity contribution in [3.8, 4) is 11.5 Å². The summed E-state index contributed by atoms with van der Waals surface area (Å²) in [7, 11) is 0. The summed E-state index contributed by atoms with van der Waals surface area (Å²) in [5.41, 5.74) is 1.96. The normalized spacial score (nSPS) is 16.9. The second-order valence-corrected chi connectivity index (χ2v) is 3.48. The van der Waals surface area contributed by atoms with Gasteiger partial charge in [-0.25, -0.2) is 0 Å². The summed E-state index contributed by atoms with van der Waals surface area (Å²) < 4.78 is 10.5. The first kappa shape index (κ1) is 8.35. The lowest BCUT2D eigenvalue weighted by atomic mass is 10.0. The van der Waals surface area contributed by atoms with Gasteiger partial charge in [0, 0.05) is 6.20 Å². The molecule has 1 N–H and O–H groups in total. The van der Waals surface area contributed by atoms with E-state index in [2.05, 4.69) is 5.32 Å². The van der Waals surface area contributed by atoms with Gasteiger partial charge in [-0.1, -0.05) is 0 Å². The molecule has 0 aliphatic carbocycles. The molecule has 0 fully saturated rings. The molecule has 0 saturated carbocycles. The van der Waals surface area contributed by atoms with Crippen LogP contribution in [0.3, 0.4) is 0 Å². The molecular weight excluding hydrogens is 194 g/mol. The van der Waals surface area contributed by atoms with Crippen LogP contribution in [-0.2, 0) is 11.2 Å². The number of nitrogens with one attached hydrogen (secondary N) is 1. The van der Waals surface area contributed by atoms with Gasteiger partial charge in [-0.3, -0.25) is 4.79 Å². The number of amides is 1. The molecule has 2 aliphatic heterocycles. The maximum Gasteiger partial charge on any atom is 0.231 e. The number of rotatable bonds is 0. The fraction of sp³-hybridized carbons (Fsp3) is 0.182. The Morgan fingerprint density at radius 2 is 2.00 bits per heavy atom. The average Bonchev–Trinajstić information content (AvgIpc) is 2.57. The first-order chi connectivity index (χ1) is 7.33. The molecule has 0 bridgehead atoms. The van der Waals surface area contributed by atoms with E-state index in [0.29, 0.717) is 6.42 Å². The Labute approximate surface area is 86.5 Å². The van der Waals surface area contributed by atoms with E-state index in [-0.39, 0.29) is 12.7 Å². The van der Waals surface area contributed by atoms with Crippen molar-refractivity contribution in [1.29, 1.82) is 0 Å². The summed E-state index contributed by atoms with van der Waals surface area (Å²) in [4.78, 5) is 11.3. The second-order valence-electron chi connectivity index (χ2n) is 3.48. The SMILES string of the molecule is O=C1Cc2cc3c(cc2C=CN1)OCO3. The third-order valence-electron chi connectivity index (χ3n) is 2.49. The summed E-state index contributed by atoms with van der Waals surface area (Å²) in [5, 5.41) is 2.67. The molecule has 0 aromatic heterocycles. The summed E-state index contributed by atoms with van der Waals surface area (Å²) in [6, 6.07) is 3.77. The topological polar surface area (TPSA) is 47.6 Å². The Balaban J connectivity index is 2.13. The van der Waals surface area contributed by atoms with Gasteiger partial charge in [0.25, 0.3) is 0 Å². The zero-order chi connectivity index (χ0) is 10.3. The third-order valence-corrected chi connectivity index (χ3v) is 2.49. The van der Waals surface area contributed by atoms with Gasteiger partial charge in [0.05, 0.1) is 6.42 Å². The van der Waals surface area contributed by atoms with Crippen LogP contribution in [0, 0.1) is 0 Å². The largest absolute Gasteiger partial charge is 0.454 e. The van der Waals surface area contributed by atoms with E-state index < -0.39 is 0 Å². The second kappa shape index (κ2) is 3.02. The zero-order valence-corrected chi connectivity index (χ0v) is 7.95. The molecular formula is C11H9NO3. The molecule has 0 spiro atoms. The fourth-order valence-electron chi connectivity index (χ4n) is 1.76. The monoisotopic (exact) mass is 203 g/mol. The highest BCUT2D eigenvalue weighted by molar-refractivity contribution is 5.83. The van der Waals surface area contributed by atoms with E-state index in [9.17, 15) is 4.79 Å². The minimum atomic E-state index is -0.0103. The van der Waals surface area contributed by atoms with Crippen molar-refractivity contribution >= 4 is 12.0 Å². The van der Waals surface area contributed by atoms with Crippen LogP contribution in [0.15, 0.2) is 18.3 Å². The standard InChI is InChI=1S/C11H9NO3/c13-11-5-8-4-10-9(14-6-15-10)3-7(8)1-2-12-11/h1-4H,5-6H2,(H,12,13). The van der Waals surface area contributed by atoms with Crippen molar-refractivity contribution in [1.82, 2.24) is 5.32 Å². The molecule has 1 aromatic carbocycles. The summed E-state index contributed by atoms with van der Waals surface area (Å²) in [5.74, 6) is 1.45. The lowest BCUT2D eigenvalue weighted by Crippen LogP contribution is -2.17. The van der Waals surface area contributed by atoms with Gasteiger partial charge in [0.1, 0.15) is 0 Å². The van der Waals surface area contributed by atoms with Crippen LogP contribution >= 0.6 is 0 Å². The summed E-state index contributed by atoms with van der Waals surface area (Å²) >= 11 is 0. The lowest BCUT2D eigenvalue weighted by molar-refractivity contribution is -0.119. The molecule has 2 aliphatic rings. The number of fused-ring (bicyclic) bond motifs is 2. The predicted octanol–water partition coefficient (Wildman–Crippen LogP) is 1.06. The van der Waals surface area contributed by atoms with Crippen LogP contribution in [0.5, 0.6) is 11.5 Å². The van der Waals surface area contributed by atoms with E-state index in [1.807, 2.05) is 18.2 Å². The minimum absolute atomic E-state index is 0.0103. The van der Waals surface area contributed by atoms with Crippen molar-refractivity contribution in [3.63, 3.8) is 0 Å². The van der Waals surface area contributed by atoms with Crippen molar-refractivity contribution < 1.29 is 14.3 Å². The highest BCUT2D eigenvalue weighted by Gasteiger charge is 2.18. The van der Waals surface area contributed by atoms with Gasteiger partial charge >= 0.3 is 0 Å². The average molecular weight is 203 g/mol. The molecule has 3 rings (SSSR count). The smallest absolute Gasteiger partial charge is 0.231 e. The van der Waals surface area contributed by atoms with E-state index >= 15 is 0 Å². The molecule has 2 heterocycles. The van der Waals surface area contributed by atoms with Crippen molar-refractivity contribution in [2.75, 3.05) is 6.79 Å². The molecule has 76 valence electrons. The molecule has 15 heavy (non-hydrogen) atoms. The quantitative estimate of drug-likeness (QED) is 0.685. The molecule has 0 saturated heterocycles.